The Bertz CT molecular complexity index is 461. The molecule has 5 nitrogen and oxygen atoms in total. The molecule has 23 heavy (non-hydrogen) atoms. The van der Waals surface area contributed by atoms with Gasteiger partial charge in [-0.1, -0.05) is 38.2 Å². The Hall–Kier alpha value is -1.78. The zero-order chi connectivity index (χ0) is 17.7. The highest BCUT2D eigenvalue weighted by Crippen LogP contribution is 2.23. The van der Waals surface area contributed by atoms with Crippen molar-refractivity contribution in [1.29, 1.82) is 0 Å². The molecule has 1 rings (SSSR count). The molecule has 1 unspecified atom stereocenters. The topological polar surface area (TPSA) is 55.8 Å². The summed E-state index contributed by atoms with van der Waals surface area (Å²) in [4.78, 5) is 26.2. The standard InChI is InChI=1S/C18H29NO4/c1-7-17(3,4)22-15(20)19(14-12-10-9-11-13-14)16(21)23-18(5,6)8-2/h9-12,14H,7-8,13H2,1-6H3. The van der Waals surface area contributed by atoms with Crippen LogP contribution in [0.4, 0.5) is 9.59 Å². The first-order chi connectivity index (χ1) is 10.6. The minimum atomic E-state index is -0.668. The van der Waals surface area contributed by atoms with Gasteiger partial charge >= 0.3 is 12.2 Å². The molecule has 130 valence electrons. The van der Waals surface area contributed by atoms with E-state index in [-0.39, 0.29) is 6.04 Å². The molecule has 0 bridgehead atoms. The summed E-state index contributed by atoms with van der Waals surface area (Å²) in [5, 5.41) is 0. The lowest BCUT2D eigenvalue weighted by molar-refractivity contribution is -0.0156. The maximum Gasteiger partial charge on any atom is 0.420 e. The van der Waals surface area contributed by atoms with Crippen molar-refractivity contribution in [1.82, 2.24) is 4.90 Å². The van der Waals surface area contributed by atoms with E-state index >= 15 is 0 Å². The first kappa shape index (κ1) is 19.3. The molecule has 0 saturated carbocycles. The van der Waals surface area contributed by atoms with Crippen LogP contribution in [0, 0.1) is 0 Å². The van der Waals surface area contributed by atoms with Crippen molar-refractivity contribution >= 4 is 12.2 Å². The lowest BCUT2D eigenvalue weighted by atomic mass is 10.1. The predicted octanol–water partition coefficient (Wildman–Crippen LogP) is 4.82. The minimum Gasteiger partial charge on any atom is -0.443 e. The number of hydrogen-bond donors (Lipinski definition) is 0. The Morgan fingerprint density at radius 2 is 1.48 bits per heavy atom. The number of rotatable bonds is 5. The number of ether oxygens (including phenoxy) is 2. The number of hydrogen-bond acceptors (Lipinski definition) is 4. The molecule has 0 N–H and O–H groups in total. The van der Waals surface area contributed by atoms with Crippen LogP contribution in [0.25, 0.3) is 0 Å². The van der Waals surface area contributed by atoms with E-state index in [9.17, 15) is 9.59 Å². The Balaban J connectivity index is 2.97. The second-order valence-electron chi connectivity index (χ2n) is 6.95. The second-order valence-corrected chi connectivity index (χ2v) is 6.95. The lowest BCUT2D eigenvalue weighted by Gasteiger charge is -2.33. The highest BCUT2D eigenvalue weighted by Gasteiger charge is 2.36. The fraction of sp³-hybridized carbons (Fsp3) is 0.667. The summed E-state index contributed by atoms with van der Waals surface area (Å²) < 4.78 is 11.0. The molecule has 2 amide bonds. The van der Waals surface area contributed by atoms with Gasteiger partial charge < -0.3 is 9.47 Å². The van der Waals surface area contributed by atoms with Gasteiger partial charge in [-0.2, -0.15) is 0 Å². The zero-order valence-corrected chi connectivity index (χ0v) is 15.1. The van der Waals surface area contributed by atoms with Gasteiger partial charge in [0.15, 0.2) is 0 Å². The van der Waals surface area contributed by atoms with Gasteiger partial charge in [-0.05, 0) is 47.0 Å². The van der Waals surface area contributed by atoms with Crippen molar-refractivity contribution in [2.75, 3.05) is 0 Å². The van der Waals surface area contributed by atoms with E-state index in [1.54, 1.807) is 6.08 Å². The van der Waals surface area contributed by atoms with Crippen LogP contribution in [-0.4, -0.2) is 34.3 Å². The maximum absolute atomic E-state index is 12.6. The van der Waals surface area contributed by atoms with E-state index in [4.69, 9.17) is 9.47 Å². The van der Waals surface area contributed by atoms with E-state index in [0.717, 1.165) is 4.90 Å². The molecule has 0 aromatic heterocycles. The summed E-state index contributed by atoms with van der Waals surface area (Å²) in [5.41, 5.74) is -1.27. The molecule has 1 aliphatic rings. The smallest absolute Gasteiger partial charge is 0.420 e. The molecule has 0 heterocycles. The Kier molecular flexibility index (Phi) is 6.42. The largest absolute Gasteiger partial charge is 0.443 e. The van der Waals surface area contributed by atoms with Crippen molar-refractivity contribution in [2.45, 2.75) is 78.0 Å². The van der Waals surface area contributed by atoms with Crippen LogP contribution in [-0.2, 0) is 9.47 Å². The van der Waals surface area contributed by atoms with E-state index in [1.165, 1.54) is 0 Å². The number of carbonyl (C=O) groups excluding carboxylic acids is 2. The monoisotopic (exact) mass is 323 g/mol. The third-order valence-corrected chi connectivity index (χ3v) is 4.11. The van der Waals surface area contributed by atoms with Gasteiger partial charge in [0.2, 0.25) is 0 Å². The number of nitrogens with zero attached hydrogens (tertiary/aromatic N) is 1. The molecule has 0 saturated heterocycles. The molecule has 0 aliphatic heterocycles. The average molecular weight is 323 g/mol. The van der Waals surface area contributed by atoms with Gasteiger partial charge in [0.25, 0.3) is 0 Å². The first-order valence-corrected chi connectivity index (χ1v) is 8.20. The fourth-order valence-electron chi connectivity index (χ4n) is 1.82. The summed E-state index contributed by atoms with van der Waals surface area (Å²) >= 11 is 0. The van der Waals surface area contributed by atoms with Crippen LogP contribution in [0.2, 0.25) is 0 Å². The van der Waals surface area contributed by atoms with Crippen LogP contribution in [0.5, 0.6) is 0 Å². The Morgan fingerprint density at radius 3 is 1.83 bits per heavy atom. The van der Waals surface area contributed by atoms with Crippen molar-refractivity contribution in [3.05, 3.63) is 24.3 Å². The second kappa shape index (κ2) is 7.66. The summed E-state index contributed by atoms with van der Waals surface area (Å²) in [7, 11) is 0. The van der Waals surface area contributed by atoms with Gasteiger partial charge in [0.1, 0.15) is 11.2 Å². The van der Waals surface area contributed by atoms with Crippen molar-refractivity contribution < 1.29 is 19.1 Å². The maximum atomic E-state index is 12.6. The van der Waals surface area contributed by atoms with Crippen molar-refractivity contribution in [2.24, 2.45) is 0 Å². The van der Waals surface area contributed by atoms with E-state index in [2.05, 4.69) is 0 Å². The summed E-state index contributed by atoms with van der Waals surface area (Å²) in [6.45, 7) is 11.1. The third kappa shape index (κ3) is 5.73. The molecule has 0 spiro atoms. The molecule has 1 atom stereocenters. The number of imide groups is 1. The van der Waals surface area contributed by atoms with Crippen molar-refractivity contribution in [3.8, 4) is 0 Å². The van der Waals surface area contributed by atoms with Crippen LogP contribution in [0.3, 0.4) is 0 Å². The first-order valence-electron chi connectivity index (χ1n) is 8.20. The lowest BCUT2D eigenvalue weighted by Crippen LogP contribution is -2.49. The molecule has 0 radical (unpaired) electrons. The zero-order valence-electron chi connectivity index (χ0n) is 15.1. The van der Waals surface area contributed by atoms with E-state index in [0.29, 0.717) is 19.3 Å². The number of amides is 2. The molecule has 0 aromatic rings. The Morgan fingerprint density at radius 1 is 1.00 bits per heavy atom. The van der Waals surface area contributed by atoms with Gasteiger partial charge in [-0.3, -0.25) is 0 Å². The number of carbonyl (C=O) groups is 2. The summed E-state index contributed by atoms with van der Waals surface area (Å²) in [6.07, 6.45) is 7.95. The highest BCUT2D eigenvalue weighted by atomic mass is 16.6. The van der Waals surface area contributed by atoms with Crippen molar-refractivity contribution in [3.63, 3.8) is 0 Å². The molecule has 1 aliphatic carbocycles. The van der Waals surface area contributed by atoms with E-state index in [1.807, 2.05) is 59.8 Å². The molecule has 0 aromatic carbocycles. The molecule has 5 heteroatoms. The van der Waals surface area contributed by atoms with Crippen LogP contribution in [0.15, 0.2) is 24.3 Å². The van der Waals surface area contributed by atoms with Gasteiger partial charge in [0, 0.05) is 0 Å². The summed E-state index contributed by atoms with van der Waals surface area (Å²) in [6, 6.07) is -0.389. The average Bonchev–Trinajstić information content (AvgIpc) is 2.47. The van der Waals surface area contributed by atoms with Gasteiger partial charge in [0.05, 0.1) is 6.04 Å². The van der Waals surface area contributed by atoms with Crippen LogP contribution < -0.4 is 0 Å². The van der Waals surface area contributed by atoms with E-state index < -0.39 is 23.4 Å². The highest BCUT2D eigenvalue weighted by molar-refractivity contribution is 5.89. The van der Waals surface area contributed by atoms with Gasteiger partial charge in [-0.15, -0.1) is 0 Å². The molecular weight excluding hydrogens is 294 g/mol. The van der Waals surface area contributed by atoms with Gasteiger partial charge in [-0.25, -0.2) is 14.5 Å². The van der Waals surface area contributed by atoms with Crippen LogP contribution in [0.1, 0.15) is 60.8 Å². The fourth-order valence-corrected chi connectivity index (χ4v) is 1.82. The molecular formula is C18H29NO4. The Labute approximate surface area is 139 Å². The third-order valence-electron chi connectivity index (χ3n) is 4.11. The molecule has 0 fully saturated rings. The quantitative estimate of drug-likeness (QED) is 0.727. The van der Waals surface area contributed by atoms with Crippen LogP contribution >= 0.6 is 0 Å². The number of allylic oxidation sites excluding steroid dienone is 2. The normalized spacial score (nSPS) is 17.7. The predicted molar refractivity (Wildman–Crippen MR) is 90.2 cm³/mol. The SMILES string of the molecule is CCC(C)(C)OC(=O)N(C(=O)OC(C)(C)CC)C1C=CC=CC1. The minimum absolute atomic E-state index is 0.389. The summed E-state index contributed by atoms with van der Waals surface area (Å²) in [5.74, 6) is 0.